The van der Waals surface area contributed by atoms with Crippen molar-refractivity contribution in [1.82, 2.24) is 5.06 Å². The smallest absolute Gasteiger partial charge is 0.343 e. The van der Waals surface area contributed by atoms with Crippen molar-refractivity contribution in [2.75, 3.05) is 0 Å². The van der Waals surface area contributed by atoms with Crippen LogP contribution in [0, 0.1) is 0 Å². The van der Waals surface area contributed by atoms with Crippen LogP contribution in [0.1, 0.15) is 0 Å². The lowest BCUT2D eigenvalue weighted by Crippen LogP contribution is -2.33. The van der Waals surface area contributed by atoms with Crippen LogP contribution in [0.3, 0.4) is 0 Å². The molecule has 1 rings (SSSR count). The summed E-state index contributed by atoms with van der Waals surface area (Å²) >= 11 is 0. The molecule has 68 valence electrons. The van der Waals surface area contributed by atoms with Crippen molar-refractivity contribution < 1.29 is 14.8 Å². The lowest BCUT2D eigenvalue weighted by molar-refractivity contribution is -0.109. The molecule has 0 aromatic carbocycles. The number of hydroxylamine groups is 2. The minimum absolute atomic E-state index is 0.113. The second-order valence-corrected chi connectivity index (χ2v) is 2.33. The zero-order chi connectivity index (χ0) is 9.84. The summed E-state index contributed by atoms with van der Waals surface area (Å²) in [6, 6.07) is -1.09. The maximum atomic E-state index is 10.5. The highest BCUT2D eigenvalue weighted by molar-refractivity contribution is 5.85. The van der Waals surface area contributed by atoms with Gasteiger partial charge in [0.25, 0.3) is 0 Å². The van der Waals surface area contributed by atoms with Gasteiger partial charge in [-0.1, -0.05) is 24.3 Å². The predicted octanol–water partition coefficient (Wildman–Crippen LogP) is 0.335. The van der Waals surface area contributed by atoms with E-state index in [1.807, 2.05) is 0 Å². The molecule has 0 unspecified atom stereocenters. The van der Waals surface area contributed by atoms with Gasteiger partial charge in [0.1, 0.15) is 5.70 Å². The number of nitrogens with two attached hydrogens (primary N) is 1. The van der Waals surface area contributed by atoms with Crippen LogP contribution >= 0.6 is 0 Å². The average molecular weight is 180 g/mol. The first-order chi connectivity index (χ1) is 6.16. The summed E-state index contributed by atoms with van der Waals surface area (Å²) in [6.07, 6.45) is 6.87. The first-order valence-corrected chi connectivity index (χ1v) is 3.49. The summed E-state index contributed by atoms with van der Waals surface area (Å²) in [5, 5.41) is 9.16. The van der Waals surface area contributed by atoms with Gasteiger partial charge < -0.3 is 5.73 Å². The van der Waals surface area contributed by atoms with Gasteiger partial charge in [-0.2, -0.15) is 5.06 Å². The number of carbonyl (C=O) groups excluding carboxylic acids is 2. The van der Waals surface area contributed by atoms with Crippen LogP contribution in [0.4, 0.5) is 4.79 Å². The van der Waals surface area contributed by atoms with Gasteiger partial charge >= 0.3 is 6.03 Å². The first-order valence-electron chi connectivity index (χ1n) is 3.49. The maximum absolute atomic E-state index is 10.5. The van der Waals surface area contributed by atoms with Crippen LogP contribution in [0.25, 0.3) is 0 Å². The van der Waals surface area contributed by atoms with Crippen molar-refractivity contribution in [2.24, 2.45) is 5.73 Å². The highest BCUT2D eigenvalue weighted by Crippen LogP contribution is 2.13. The topological polar surface area (TPSA) is 83.6 Å². The zero-order valence-electron chi connectivity index (χ0n) is 6.68. The standard InChI is InChI=1S/C8H8N2O3/c9-8(12)10(13)7(5-11)6-3-1-2-4-6/h1-5,13H,(H2,9,12). The van der Waals surface area contributed by atoms with E-state index in [-0.39, 0.29) is 10.8 Å². The van der Waals surface area contributed by atoms with Crippen LogP contribution < -0.4 is 5.73 Å². The molecule has 0 spiro atoms. The molecule has 0 saturated heterocycles. The SMILES string of the molecule is NC(=O)N(O)C(C=O)=C1C=CC=C1. The second-order valence-electron chi connectivity index (χ2n) is 2.33. The lowest BCUT2D eigenvalue weighted by atomic mass is 10.2. The van der Waals surface area contributed by atoms with Gasteiger partial charge in [0.2, 0.25) is 0 Å². The molecule has 0 bridgehead atoms. The number of aldehydes is 1. The molecule has 5 nitrogen and oxygen atoms in total. The molecule has 2 amide bonds. The third-order valence-electron chi connectivity index (χ3n) is 1.51. The minimum atomic E-state index is -1.09. The number of allylic oxidation sites excluding steroid dienone is 6. The summed E-state index contributed by atoms with van der Waals surface area (Å²) in [5.41, 5.74) is 5.05. The van der Waals surface area contributed by atoms with Crippen LogP contribution in [-0.2, 0) is 4.79 Å². The Labute approximate surface area is 74.4 Å². The van der Waals surface area contributed by atoms with E-state index in [0.717, 1.165) is 0 Å². The highest BCUT2D eigenvalue weighted by Gasteiger charge is 2.14. The Balaban J connectivity index is 3.03. The molecule has 0 fully saturated rings. The molecular formula is C8H8N2O3. The Morgan fingerprint density at radius 2 is 2.00 bits per heavy atom. The average Bonchev–Trinajstić information content (AvgIpc) is 2.58. The van der Waals surface area contributed by atoms with Crippen molar-refractivity contribution >= 4 is 12.3 Å². The molecule has 1 aliphatic rings. The third-order valence-corrected chi connectivity index (χ3v) is 1.51. The summed E-state index contributed by atoms with van der Waals surface area (Å²) in [6.45, 7) is 0. The number of rotatable bonds is 2. The van der Waals surface area contributed by atoms with Crippen molar-refractivity contribution in [3.63, 3.8) is 0 Å². The Hall–Kier alpha value is -1.88. The van der Waals surface area contributed by atoms with Crippen LogP contribution in [0.5, 0.6) is 0 Å². The van der Waals surface area contributed by atoms with E-state index in [2.05, 4.69) is 0 Å². The van der Waals surface area contributed by atoms with E-state index >= 15 is 0 Å². The third kappa shape index (κ3) is 1.83. The van der Waals surface area contributed by atoms with E-state index < -0.39 is 6.03 Å². The molecule has 13 heavy (non-hydrogen) atoms. The minimum Gasteiger partial charge on any atom is -0.349 e. The number of urea groups is 1. The van der Waals surface area contributed by atoms with Crippen molar-refractivity contribution in [1.29, 1.82) is 0 Å². The van der Waals surface area contributed by atoms with Crippen LogP contribution in [0.2, 0.25) is 0 Å². The van der Waals surface area contributed by atoms with E-state index in [1.54, 1.807) is 24.3 Å². The lowest BCUT2D eigenvalue weighted by Gasteiger charge is -2.11. The molecule has 0 atom stereocenters. The van der Waals surface area contributed by atoms with Crippen LogP contribution in [-0.4, -0.2) is 22.6 Å². The number of nitrogens with zero attached hydrogens (tertiary/aromatic N) is 1. The predicted molar refractivity (Wildman–Crippen MR) is 44.6 cm³/mol. The molecule has 0 radical (unpaired) electrons. The van der Waals surface area contributed by atoms with E-state index in [4.69, 9.17) is 10.9 Å². The fourth-order valence-corrected chi connectivity index (χ4v) is 0.904. The normalized spacial score (nSPS) is 13.2. The molecule has 0 aliphatic heterocycles. The Morgan fingerprint density at radius 3 is 2.38 bits per heavy atom. The Bertz CT molecular complexity index is 314. The fraction of sp³-hybridized carbons (Fsp3) is 0. The van der Waals surface area contributed by atoms with E-state index in [1.165, 1.54) is 0 Å². The van der Waals surface area contributed by atoms with E-state index in [9.17, 15) is 9.59 Å². The highest BCUT2D eigenvalue weighted by atomic mass is 16.5. The summed E-state index contributed by atoms with van der Waals surface area (Å²) in [5.74, 6) is 0. The van der Waals surface area contributed by atoms with Gasteiger partial charge in [-0.3, -0.25) is 10.0 Å². The number of hydrogen-bond acceptors (Lipinski definition) is 3. The molecular weight excluding hydrogens is 172 g/mol. The number of primary amides is 1. The number of carbonyl (C=O) groups is 2. The van der Waals surface area contributed by atoms with Gasteiger partial charge in [0, 0.05) is 5.57 Å². The molecule has 0 saturated carbocycles. The second kappa shape index (κ2) is 3.68. The van der Waals surface area contributed by atoms with Gasteiger partial charge in [-0.15, -0.1) is 0 Å². The van der Waals surface area contributed by atoms with Crippen LogP contribution in [0.15, 0.2) is 35.6 Å². The fourth-order valence-electron chi connectivity index (χ4n) is 0.904. The number of hydrogen-bond donors (Lipinski definition) is 2. The first kappa shape index (κ1) is 9.21. The summed E-state index contributed by atoms with van der Waals surface area (Å²) in [4.78, 5) is 21.0. The van der Waals surface area contributed by atoms with Gasteiger partial charge in [0.15, 0.2) is 6.29 Å². The summed E-state index contributed by atoms with van der Waals surface area (Å²) in [7, 11) is 0. The van der Waals surface area contributed by atoms with Crippen molar-refractivity contribution in [2.45, 2.75) is 0 Å². The van der Waals surface area contributed by atoms with Gasteiger partial charge in [0.05, 0.1) is 0 Å². The van der Waals surface area contributed by atoms with Crippen molar-refractivity contribution in [3.05, 3.63) is 35.6 Å². The number of amides is 2. The van der Waals surface area contributed by atoms with Gasteiger partial charge in [-0.25, -0.2) is 4.79 Å². The molecule has 5 heteroatoms. The maximum Gasteiger partial charge on any atom is 0.343 e. The molecule has 0 aromatic rings. The molecule has 0 aromatic heterocycles. The van der Waals surface area contributed by atoms with E-state index in [0.29, 0.717) is 11.9 Å². The molecule has 3 N–H and O–H groups in total. The largest absolute Gasteiger partial charge is 0.349 e. The molecule has 1 aliphatic carbocycles. The Kier molecular flexibility index (Phi) is 2.61. The zero-order valence-corrected chi connectivity index (χ0v) is 6.68. The Morgan fingerprint density at radius 1 is 1.46 bits per heavy atom. The summed E-state index contributed by atoms with van der Waals surface area (Å²) < 4.78 is 0. The van der Waals surface area contributed by atoms with Crippen molar-refractivity contribution in [3.8, 4) is 0 Å². The van der Waals surface area contributed by atoms with Gasteiger partial charge in [-0.05, 0) is 0 Å². The quantitative estimate of drug-likeness (QED) is 0.278. The monoisotopic (exact) mass is 180 g/mol. The molecule has 0 heterocycles.